The minimum absolute atomic E-state index is 0.00622. The van der Waals surface area contributed by atoms with Crippen LogP contribution in [0.1, 0.15) is 12.0 Å². The fourth-order valence-electron chi connectivity index (χ4n) is 1.58. The number of nitrogens with zero attached hydrogens (tertiary/aromatic N) is 2. The number of rotatable bonds is 5. The molecule has 0 spiro atoms. The van der Waals surface area contributed by atoms with Crippen LogP contribution in [0, 0.1) is 10.1 Å². The first-order valence-electron chi connectivity index (χ1n) is 5.47. The van der Waals surface area contributed by atoms with Crippen molar-refractivity contribution in [3.63, 3.8) is 0 Å². The highest BCUT2D eigenvalue weighted by Gasteiger charge is 2.27. The quantitative estimate of drug-likeness (QED) is 0.510. The Kier molecular flexibility index (Phi) is 4.71. The van der Waals surface area contributed by atoms with Crippen molar-refractivity contribution in [3.8, 4) is 0 Å². The molecular weight excluding hydrogens is 263 g/mol. The molecule has 0 amide bonds. The van der Waals surface area contributed by atoms with Crippen molar-refractivity contribution >= 4 is 11.4 Å². The van der Waals surface area contributed by atoms with E-state index in [0.29, 0.717) is 5.56 Å². The molecule has 0 radical (unpaired) electrons. The number of anilines is 1. The van der Waals surface area contributed by atoms with Gasteiger partial charge in [0.1, 0.15) is 5.69 Å². The molecule has 0 aromatic heterocycles. The van der Waals surface area contributed by atoms with Gasteiger partial charge in [-0.3, -0.25) is 10.1 Å². The lowest BCUT2D eigenvalue weighted by molar-refractivity contribution is -0.383. The number of nitro benzene ring substituents is 1. The van der Waals surface area contributed by atoms with Crippen molar-refractivity contribution in [2.24, 2.45) is 0 Å². The molecule has 0 aliphatic rings. The van der Waals surface area contributed by atoms with E-state index in [2.05, 4.69) is 0 Å². The van der Waals surface area contributed by atoms with Crippen LogP contribution in [0.5, 0.6) is 0 Å². The summed E-state index contributed by atoms with van der Waals surface area (Å²) in [6, 6.07) is 4.14. The molecule has 8 heteroatoms. The summed E-state index contributed by atoms with van der Waals surface area (Å²) in [5, 5.41) is 10.6. The average molecular weight is 277 g/mol. The number of nitrogens with two attached hydrogens (primary N) is 1. The molecular formula is C11H14F3N3O2. The molecule has 0 unspecified atom stereocenters. The number of halogens is 3. The van der Waals surface area contributed by atoms with E-state index in [0.717, 1.165) is 0 Å². The summed E-state index contributed by atoms with van der Waals surface area (Å²) in [5.74, 6) is 0. The number of nitro groups is 1. The summed E-state index contributed by atoms with van der Waals surface area (Å²) in [5.41, 5.74) is 5.93. The second-order valence-corrected chi connectivity index (χ2v) is 4.25. The Balaban J connectivity index is 2.63. The fraction of sp³-hybridized carbons (Fsp3) is 0.455. The lowest BCUT2D eigenvalue weighted by Crippen LogP contribution is -2.24. The number of benzene rings is 1. The highest BCUT2D eigenvalue weighted by molar-refractivity contribution is 5.59. The first-order valence-corrected chi connectivity index (χ1v) is 5.47. The van der Waals surface area contributed by atoms with Gasteiger partial charge in [0.2, 0.25) is 0 Å². The predicted octanol–water partition coefficient (Wildman–Crippen LogP) is 2.56. The second kappa shape index (κ2) is 5.87. The molecule has 1 rings (SSSR count). The Morgan fingerprint density at radius 1 is 1.42 bits per heavy atom. The van der Waals surface area contributed by atoms with Crippen LogP contribution in [-0.4, -0.2) is 29.6 Å². The van der Waals surface area contributed by atoms with Gasteiger partial charge in [-0.25, -0.2) is 0 Å². The molecule has 0 saturated carbocycles. The Morgan fingerprint density at radius 2 is 2.05 bits per heavy atom. The van der Waals surface area contributed by atoms with Gasteiger partial charge >= 0.3 is 6.18 Å². The highest BCUT2D eigenvalue weighted by Crippen LogP contribution is 2.23. The van der Waals surface area contributed by atoms with Crippen LogP contribution in [0.4, 0.5) is 24.5 Å². The molecule has 0 aliphatic carbocycles. The van der Waals surface area contributed by atoms with Crippen molar-refractivity contribution < 1.29 is 18.1 Å². The van der Waals surface area contributed by atoms with Gasteiger partial charge in [-0.1, -0.05) is 6.07 Å². The van der Waals surface area contributed by atoms with E-state index in [4.69, 9.17) is 5.73 Å². The third-order valence-corrected chi connectivity index (χ3v) is 2.52. The lowest BCUT2D eigenvalue weighted by atomic mass is 10.1. The third kappa shape index (κ3) is 5.12. The second-order valence-electron chi connectivity index (χ2n) is 4.25. The fourth-order valence-corrected chi connectivity index (χ4v) is 1.58. The van der Waals surface area contributed by atoms with Gasteiger partial charge in [0.05, 0.1) is 11.3 Å². The van der Waals surface area contributed by atoms with Gasteiger partial charge < -0.3 is 10.6 Å². The third-order valence-electron chi connectivity index (χ3n) is 2.52. The molecule has 1 aromatic carbocycles. The van der Waals surface area contributed by atoms with Crippen LogP contribution in [0.3, 0.4) is 0 Å². The Bertz CT molecular complexity index is 463. The van der Waals surface area contributed by atoms with Crippen LogP contribution < -0.4 is 5.73 Å². The maximum atomic E-state index is 12.0. The molecule has 0 bridgehead atoms. The summed E-state index contributed by atoms with van der Waals surface area (Å²) in [6.45, 7) is 0.110. The van der Waals surface area contributed by atoms with E-state index in [9.17, 15) is 23.3 Å². The number of hydrogen-bond acceptors (Lipinski definition) is 4. The summed E-state index contributed by atoms with van der Waals surface area (Å²) >= 11 is 0. The van der Waals surface area contributed by atoms with Crippen LogP contribution in [-0.2, 0) is 6.54 Å². The van der Waals surface area contributed by atoms with E-state index in [1.807, 2.05) is 0 Å². The Hall–Kier alpha value is -1.83. The van der Waals surface area contributed by atoms with Gasteiger partial charge in [-0.15, -0.1) is 0 Å². The Labute approximate surface area is 108 Å². The zero-order valence-electron chi connectivity index (χ0n) is 10.3. The Morgan fingerprint density at radius 3 is 2.53 bits per heavy atom. The van der Waals surface area contributed by atoms with E-state index in [-0.39, 0.29) is 24.5 Å². The highest BCUT2D eigenvalue weighted by atomic mass is 19.4. The van der Waals surface area contributed by atoms with Crippen LogP contribution >= 0.6 is 0 Å². The number of nitrogen functional groups attached to an aromatic ring is 1. The zero-order valence-corrected chi connectivity index (χ0v) is 10.3. The molecule has 0 heterocycles. The molecule has 1 aromatic rings. The first kappa shape index (κ1) is 15.2. The van der Waals surface area contributed by atoms with Crippen LogP contribution in [0.25, 0.3) is 0 Å². The maximum absolute atomic E-state index is 12.0. The van der Waals surface area contributed by atoms with Crippen molar-refractivity contribution in [3.05, 3.63) is 33.9 Å². The van der Waals surface area contributed by atoms with Crippen LogP contribution in [0.15, 0.2) is 18.2 Å². The molecule has 0 saturated heterocycles. The average Bonchev–Trinajstić information content (AvgIpc) is 2.25. The molecule has 0 fully saturated rings. The van der Waals surface area contributed by atoms with Gasteiger partial charge in [-0.2, -0.15) is 13.2 Å². The number of alkyl halides is 3. The standard InChI is InChI=1S/C11H14F3N3O2/c1-16(5-4-11(12,13)14)7-8-2-3-10(17(18)19)9(15)6-8/h2-3,6H,4-5,7,15H2,1H3. The van der Waals surface area contributed by atoms with E-state index in [1.54, 1.807) is 7.05 Å². The van der Waals surface area contributed by atoms with E-state index < -0.39 is 17.5 Å². The van der Waals surface area contributed by atoms with E-state index >= 15 is 0 Å². The normalized spacial score (nSPS) is 11.8. The maximum Gasteiger partial charge on any atom is 0.390 e. The van der Waals surface area contributed by atoms with Gasteiger partial charge in [0.15, 0.2) is 0 Å². The van der Waals surface area contributed by atoms with E-state index in [1.165, 1.54) is 23.1 Å². The van der Waals surface area contributed by atoms with Gasteiger partial charge in [-0.05, 0) is 18.7 Å². The van der Waals surface area contributed by atoms with Gasteiger partial charge in [0, 0.05) is 19.2 Å². The first-order chi connectivity index (χ1) is 8.69. The predicted molar refractivity (Wildman–Crippen MR) is 64.5 cm³/mol. The SMILES string of the molecule is CN(CCC(F)(F)F)Cc1ccc([N+](=O)[O-])c(N)c1. The zero-order chi connectivity index (χ0) is 14.6. The molecule has 19 heavy (non-hydrogen) atoms. The molecule has 106 valence electrons. The van der Waals surface area contributed by atoms with Crippen molar-refractivity contribution in [2.75, 3.05) is 19.3 Å². The molecule has 2 N–H and O–H groups in total. The van der Waals surface area contributed by atoms with Crippen molar-refractivity contribution in [1.82, 2.24) is 4.90 Å². The van der Waals surface area contributed by atoms with Crippen molar-refractivity contribution in [1.29, 1.82) is 0 Å². The smallest absolute Gasteiger partial charge is 0.390 e. The minimum Gasteiger partial charge on any atom is -0.393 e. The number of hydrogen-bond donors (Lipinski definition) is 1. The lowest BCUT2D eigenvalue weighted by Gasteiger charge is -2.17. The monoisotopic (exact) mass is 277 g/mol. The molecule has 0 atom stereocenters. The molecule has 0 aliphatic heterocycles. The summed E-state index contributed by atoms with van der Waals surface area (Å²) in [6.07, 6.45) is -5.09. The van der Waals surface area contributed by atoms with Crippen LogP contribution in [0.2, 0.25) is 0 Å². The summed E-state index contributed by atoms with van der Waals surface area (Å²) in [4.78, 5) is 11.4. The van der Waals surface area contributed by atoms with Crippen molar-refractivity contribution in [2.45, 2.75) is 19.1 Å². The summed E-state index contributed by atoms with van der Waals surface area (Å²) < 4.78 is 36.1. The molecule has 5 nitrogen and oxygen atoms in total. The minimum atomic E-state index is -4.19. The topological polar surface area (TPSA) is 72.4 Å². The largest absolute Gasteiger partial charge is 0.393 e. The van der Waals surface area contributed by atoms with Gasteiger partial charge in [0.25, 0.3) is 5.69 Å². The summed E-state index contributed by atoms with van der Waals surface area (Å²) in [7, 11) is 1.54.